The SMILES string of the molecule is CCOc1ccc(C(=O)/C=C/C(=O)O)c2cccnc12. The van der Waals surface area contributed by atoms with Gasteiger partial charge in [0.05, 0.1) is 6.61 Å². The molecular weight excluding hydrogens is 258 g/mol. The Bertz CT molecular complexity index is 691. The topological polar surface area (TPSA) is 76.5 Å². The molecule has 0 unspecified atom stereocenters. The predicted octanol–water partition coefficient (Wildman–Crippen LogP) is 2.46. The summed E-state index contributed by atoms with van der Waals surface area (Å²) in [6.07, 6.45) is 3.47. The van der Waals surface area contributed by atoms with Crippen LogP contribution in [0.15, 0.2) is 42.6 Å². The fourth-order valence-electron chi connectivity index (χ4n) is 1.87. The Hall–Kier alpha value is -2.69. The van der Waals surface area contributed by atoms with Gasteiger partial charge in [0.1, 0.15) is 11.3 Å². The average Bonchev–Trinajstić information content (AvgIpc) is 2.45. The zero-order chi connectivity index (χ0) is 14.5. The molecule has 5 heteroatoms. The van der Waals surface area contributed by atoms with Gasteiger partial charge < -0.3 is 9.84 Å². The molecule has 2 rings (SSSR count). The lowest BCUT2D eigenvalue weighted by Crippen LogP contribution is -2.00. The van der Waals surface area contributed by atoms with E-state index >= 15 is 0 Å². The lowest BCUT2D eigenvalue weighted by molar-refractivity contribution is -0.131. The molecule has 1 aromatic heterocycles. The molecule has 0 saturated heterocycles. The lowest BCUT2D eigenvalue weighted by atomic mass is 10.0. The van der Waals surface area contributed by atoms with Crippen LogP contribution in [0.25, 0.3) is 10.9 Å². The van der Waals surface area contributed by atoms with Gasteiger partial charge >= 0.3 is 5.97 Å². The number of ether oxygens (including phenoxy) is 1. The Morgan fingerprint density at radius 3 is 2.80 bits per heavy atom. The Balaban J connectivity index is 2.53. The van der Waals surface area contributed by atoms with Crippen LogP contribution in [0, 0.1) is 0 Å². The number of aromatic nitrogens is 1. The molecule has 5 nitrogen and oxygen atoms in total. The Morgan fingerprint density at radius 2 is 2.10 bits per heavy atom. The number of aliphatic carboxylic acids is 1. The Morgan fingerprint density at radius 1 is 1.30 bits per heavy atom. The number of hydrogen-bond donors (Lipinski definition) is 1. The van der Waals surface area contributed by atoms with Crippen LogP contribution in [-0.4, -0.2) is 28.4 Å². The maximum absolute atomic E-state index is 12.0. The van der Waals surface area contributed by atoms with Crippen molar-refractivity contribution in [2.45, 2.75) is 6.92 Å². The first kappa shape index (κ1) is 13.7. The van der Waals surface area contributed by atoms with Crippen LogP contribution in [0.2, 0.25) is 0 Å². The molecule has 0 atom stereocenters. The van der Waals surface area contributed by atoms with Crippen molar-refractivity contribution in [1.82, 2.24) is 4.98 Å². The second kappa shape index (κ2) is 5.97. The molecule has 0 saturated carbocycles. The second-order valence-electron chi connectivity index (χ2n) is 3.98. The van der Waals surface area contributed by atoms with Crippen molar-refractivity contribution in [3.05, 3.63) is 48.2 Å². The highest BCUT2D eigenvalue weighted by Gasteiger charge is 2.12. The minimum absolute atomic E-state index is 0.381. The summed E-state index contributed by atoms with van der Waals surface area (Å²) < 4.78 is 5.47. The summed E-state index contributed by atoms with van der Waals surface area (Å²) in [5.41, 5.74) is 0.984. The lowest BCUT2D eigenvalue weighted by Gasteiger charge is -2.09. The standard InChI is InChI=1S/C15H13NO4/c1-2-20-13-7-5-10(12(17)6-8-14(18)19)11-4-3-9-16-15(11)13/h3-9H,2H2,1H3,(H,18,19)/b8-6+. The van der Waals surface area contributed by atoms with E-state index in [9.17, 15) is 9.59 Å². The zero-order valence-corrected chi connectivity index (χ0v) is 10.9. The van der Waals surface area contributed by atoms with Gasteiger partial charge in [0.15, 0.2) is 5.78 Å². The fraction of sp³-hybridized carbons (Fsp3) is 0.133. The number of carbonyl (C=O) groups is 2. The van der Waals surface area contributed by atoms with Gasteiger partial charge in [-0.25, -0.2) is 4.79 Å². The number of carboxylic acid groups (broad SMARTS) is 1. The first-order valence-electron chi connectivity index (χ1n) is 6.09. The number of rotatable bonds is 5. The van der Waals surface area contributed by atoms with Gasteiger partial charge in [-0.2, -0.15) is 0 Å². The Labute approximate surface area is 115 Å². The average molecular weight is 271 g/mol. The van der Waals surface area contributed by atoms with Crippen molar-refractivity contribution in [3.63, 3.8) is 0 Å². The van der Waals surface area contributed by atoms with Gasteiger partial charge in [-0.15, -0.1) is 0 Å². The van der Waals surface area contributed by atoms with Crippen molar-refractivity contribution >= 4 is 22.7 Å². The molecule has 0 aliphatic carbocycles. The number of nitrogens with zero attached hydrogens (tertiary/aromatic N) is 1. The molecule has 0 aliphatic rings. The second-order valence-corrected chi connectivity index (χ2v) is 3.98. The van der Waals surface area contributed by atoms with Crippen LogP contribution < -0.4 is 4.74 Å². The van der Waals surface area contributed by atoms with Crippen molar-refractivity contribution in [2.75, 3.05) is 6.61 Å². The molecule has 0 bridgehead atoms. The number of fused-ring (bicyclic) bond motifs is 1. The molecule has 1 N–H and O–H groups in total. The highest BCUT2D eigenvalue weighted by atomic mass is 16.5. The molecule has 0 aliphatic heterocycles. The number of allylic oxidation sites excluding steroid dienone is 1. The van der Waals surface area contributed by atoms with Crippen LogP contribution in [0.1, 0.15) is 17.3 Å². The van der Waals surface area contributed by atoms with Crippen LogP contribution in [0.5, 0.6) is 5.75 Å². The summed E-state index contributed by atoms with van der Waals surface area (Å²) in [7, 11) is 0. The van der Waals surface area contributed by atoms with Crippen molar-refractivity contribution in [3.8, 4) is 5.75 Å². The summed E-state index contributed by atoms with van der Waals surface area (Å²) in [4.78, 5) is 26.7. The monoisotopic (exact) mass is 271 g/mol. The predicted molar refractivity (Wildman–Crippen MR) is 74.0 cm³/mol. The van der Waals surface area contributed by atoms with Crippen LogP contribution >= 0.6 is 0 Å². The van der Waals surface area contributed by atoms with Crippen molar-refractivity contribution in [1.29, 1.82) is 0 Å². The third-order valence-corrected chi connectivity index (χ3v) is 2.68. The highest BCUT2D eigenvalue weighted by molar-refractivity contribution is 6.14. The van der Waals surface area contributed by atoms with E-state index in [0.29, 0.717) is 28.8 Å². The van der Waals surface area contributed by atoms with Crippen LogP contribution in [-0.2, 0) is 4.79 Å². The minimum atomic E-state index is -1.16. The van der Waals surface area contributed by atoms with Gasteiger partial charge in [0.25, 0.3) is 0 Å². The molecule has 1 aromatic carbocycles. The van der Waals surface area contributed by atoms with Gasteiger partial charge in [-0.1, -0.05) is 6.07 Å². The van der Waals surface area contributed by atoms with E-state index < -0.39 is 5.97 Å². The van der Waals surface area contributed by atoms with E-state index in [0.717, 1.165) is 12.2 Å². The van der Waals surface area contributed by atoms with Gasteiger partial charge in [0, 0.05) is 23.2 Å². The molecule has 102 valence electrons. The highest BCUT2D eigenvalue weighted by Crippen LogP contribution is 2.27. The third kappa shape index (κ3) is 2.83. The third-order valence-electron chi connectivity index (χ3n) is 2.68. The summed E-state index contributed by atoms with van der Waals surface area (Å²) in [5, 5.41) is 9.20. The molecule has 1 heterocycles. The largest absolute Gasteiger partial charge is 0.492 e. The van der Waals surface area contributed by atoms with Crippen molar-refractivity contribution in [2.24, 2.45) is 0 Å². The van der Waals surface area contributed by atoms with E-state index in [1.54, 1.807) is 30.5 Å². The van der Waals surface area contributed by atoms with E-state index in [-0.39, 0.29) is 5.78 Å². The maximum Gasteiger partial charge on any atom is 0.328 e. The molecule has 0 spiro atoms. The van der Waals surface area contributed by atoms with E-state index in [1.807, 2.05) is 6.92 Å². The van der Waals surface area contributed by atoms with Gasteiger partial charge in [-0.3, -0.25) is 9.78 Å². The van der Waals surface area contributed by atoms with Gasteiger partial charge in [0.2, 0.25) is 0 Å². The zero-order valence-electron chi connectivity index (χ0n) is 10.9. The first-order valence-corrected chi connectivity index (χ1v) is 6.09. The molecule has 0 fully saturated rings. The van der Waals surface area contributed by atoms with Crippen LogP contribution in [0.4, 0.5) is 0 Å². The number of carboxylic acids is 1. The van der Waals surface area contributed by atoms with Gasteiger partial charge in [-0.05, 0) is 31.2 Å². The molecule has 20 heavy (non-hydrogen) atoms. The molecule has 2 aromatic rings. The summed E-state index contributed by atoms with van der Waals surface area (Å²) in [6, 6.07) is 6.76. The molecular formula is C15H13NO4. The summed E-state index contributed by atoms with van der Waals surface area (Å²) in [6.45, 7) is 2.36. The number of ketones is 1. The number of pyridine rings is 1. The minimum Gasteiger partial charge on any atom is -0.492 e. The summed E-state index contributed by atoms with van der Waals surface area (Å²) >= 11 is 0. The number of benzene rings is 1. The normalized spacial score (nSPS) is 10.8. The first-order chi connectivity index (χ1) is 9.63. The molecule has 0 radical (unpaired) electrons. The van der Waals surface area contributed by atoms with E-state index in [4.69, 9.17) is 9.84 Å². The maximum atomic E-state index is 12.0. The fourth-order valence-corrected chi connectivity index (χ4v) is 1.87. The number of hydrogen-bond acceptors (Lipinski definition) is 4. The van der Waals surface area contributed by atoms with Crippen molar-refractivity contribution < 1.29 is 19.4 Å². The van der Waals surface area contributed by atoms with E-state index in [2.05, 4.69) is 4.98 Å². The Kier molecular flexibility index (Phi) is 4.10. The summed E-state index contributed by atoms with van der Waals surface area (Å²) in [5.74, 6) is -0.943. The number of carbonyl (C=O) groups excluding carboxylic acids is 1. The van der Waals surface area contributed by atoms with Crippen LogP contribution in [0.3, 0.4) is 0 Å². The molecule has 0 amide bonds. The quantitative estimate of drug-likeness (QED) is 0.667. The van der Waals surface area contributed by atoms with E-state index in [1.165, 1.54) is 0 Å². The smallest absolute Gasteiger partial charge is 0.328 e.